The maximum atomic E-state index is 11.9. The number of carbonyl (C=O) groups is 2. The standard InChI is InChI=1S/C17H24N4O4/c1-12(2)20-9-7-13(8-10-20)11-18-16(22)17(23)19-14-3-5-15(6-4-14)21(24)25/h3-6,12-13H,7-11H2,1-2H3,(H,18,22)(H,19,23). The average Bonchev–Trinajstić information content (AvgIpc) is 2.60. The minimum Gasteiger partial charge on any atom is -0.348 e. The van der Waals surface area contributed by atoms with E-state index in [1.807, 2.05) is 0 Å². The fourth-order valence-electron chi connectivity index (χ4n) is 2.85. The number of anilines is 1. The summed E-state index contributed by atoms with van der Waals surface area (Å²) in [4.78, 5) is 36.2. The molecule has 1 aliphatic rings. The molecule has 1 heterocycles. The van der Waals surface area contributed by atoms with Crippen LogP contribution in [0.2, 0.25) is 0 Å². The number of nitro groups is 1. The van der Waals surface area contributed by atoms with E-state index >= 15 is 0 Å². The van der Waals surface area contributed by atoms with Crippen LogP contribution in [-0.4, -0.2) is 47.3 Å². The second kappa shape index (κ2) is 8.57. The van der Waals surface area contributed by atoms with E-state index in [0.717, 1.165) is 25.9 Å². The Labute approximate surface area is 146 Å². The first kappa shape index (κ1) is 18.9. The molecule has 1 aliphatic heterocycles. The van der Waals surface area contributed by atoms with E-state index in [1.165, 1.54) is 24.3 Å². The van der Waals surface area contributed by atoms with Gasteiger partial charge in [0.25, 0.3) is 5.69 Å². The normalized spacial score (nSPS) is 15.8. The monoisotopic (exact) mass is 348 g/mol. The molecular formula is C17H24N4O4. The predicted molar refractivity (Wildman–Crippen MR) is 94.2 cm³/mol. The van der Waals surface area contributed by atoms with Crippen molar-refractivity contribution < 1.29 is 14.5 Å². The van der Waals surface area contributed by atoms with Gasteiger partial charge >= 0.3 is 11.8 Å². The second-order valence-corrected chi connectivity index (χ2v) is 6.54. The van der Waals surface area contributed by atoms with Crippen LogP contribution in [0.25, 0.3) is 0 Å². The summed E-state index contributed by atoms with van der Waals surface area (Å²) in [5, 5.41) is 15.7. The first-order valence-electron chi connectivity index (χ1n) is 8.44. The van der Waals surface area contributed by atoms with Gasteiger partial charge in [0.1, 0.15) is 0 Å². The van der Waals surface area contributed by atoms with Crippen LogP contribution in [0.1, 0.15) is 26.7 Å². The van der Waals surface area contributed by atoms with Gasteiger partial charge in [0, 0.05) is 30.4 Å². The van der Waals surface area contributed by atoms with E-state index in [9.17, 15) is 19.7 Å². The Morgan fingerprint density at radius 3 is 2.32 bits per heavy atom. The molecule has 8 heteroatoms. The van der Waals surface area contributed by atoms with E-state index < -0.39 is 16.7 Å². The third-order valence-corrected chi connectivity index (χ3v) is 4.47. The molecule has 1 aromatic carbocycles. The Hall–Kier alpha value is -2.48. The van der Waals surface area contributed by atoms with Crippen LogP contribution in [0.15, 0.2) is 24.3 Å². The van der Waals surface area contributed by atoms with E-state index in [-0.39, 0.29) is 5.69 Å². The number of likely N-dealkylation sites (tertiary alicyclic amines) is 1. The molecule has 0 saturated carbocycles. The molecule has 0 atom stereocenters. The highest BCUT2D eigenvalue weighted by molar-refractivity contribution is 6.39. The Kier molecular flexibility index (Phi) is 6.46. The number of nitro benzene ring substituents is 1. The van der Waals surface area contributed by atoms with Gasteiger partial charge < -0.3 is 15.5 Å². The van der Waals surface area contributed by atoms with Crippen molar-refractivity contribution in [3.8, 4) is 0 Å². The Morgan fingerprint density at radius 1 is 1.20 bits per heavy atom. The lowest BCUT2D eigenvalue weighted by Crippen LogP contribution is -2.43. The molecule has 136 valence electrons. The summed E-state index contributed by atoms with van der Waals surface area (Å²) in [5.41, 5.74) is 0.270. The molecule has 1 aromatic rings. The molecule has 2 amide bonds. The first-order valence-corrected chi connectivity index (χ1v) is 8.44. The summed E-state index contributed by atoms with van der Waals surface area (Å²) in [7, 11) is 0. The molecule has 25 heavy (non-hydrogen) atoms. The van der Waals surface area contributed by atoms with Crippen molar-refractivity contribution in [2.24, 2.45) is 5.92 Å². The number of nitrogens with one attached hydrogen (secondary N) is 2. The fourth-order valence-corrected chi connectivity index (χ4v) is 2.85. The van der Waals surface area contributed by atoms with Crippen molar-refractivity contribution in [3.05, 3.63) is 34.4 Å². The fraction of sp³-hybridized carbons (Fsp3) is 0.529. The molecule has 0 aliphatic carbocycles. The van der Waals surface area contributed by atoms with Crippen LogP contribution in [0, 0.1) is 16.0 Å². The van der Waals surface area contributed by atoms with Gasteiger partial charge in [-0.15, -0.1) is 0 Å². The highest BCUT2D eigenvalue weighted by Crippen LogP contribution is 2.18. The number of rotatable bonds is 5. The van der Waals surface area contributed by atoms with Gasteiger partial charge in [0.05, 0.1) is 4.92 Å². The summed E-state index contributed by atoms with van der Waals surface area (Å²) < 4.78 is 0. The number of amides is 2. The van der Waals surface area contributed by atoms with E-state index in [0.29, 0.717) is 24.2 Å². The van der Waals surface area contributed by atoms with Crippen LogP contribution < -0.4 is 10.6 Å². The molecule has 1 fully saturated rings. The number of hydrogen-bond acceptors (Lipinski definition) is 5. The van der Waals surface area contributed by atoms with Crippen LogP contribution in [0.3, 0.4) is 0 Å². The van der Waals surface area contributed by atoms with Crippen molar-refractivity contribution >= 4 is 23.2 Å². The minimum absolute atomic E-state index is 0.0739. The minimum atomic E-state index is -0.770. The smallest absolute Gasteiger partial charge is 0.313 e. The molecule has 2 N–H and O–H groups in total. The van der Waals surface area contributed by atoms with Crippen LogP contribution in [0.4, 0.5) is 11.4 Å². The van der Waals surface area contributed by atoms with Crippen LogP contribution in [-0.2, 0) is 9.59 Å². The second-order valence-electron chi connectivity index (χ2n) is 6.54. The van der Waals surface area contributed by atoms with Crippen LogP contribution in [0.5, 0.6) is 0 Å². The Bertz CT molecular complexity index is 622. The van der Waals surface area contributed by atoms with Gasteiger partial charge in [-0.25, -0.2) is 0 Å². The Morgan fingerprint density at radius 2 is 1.80 bits per heavy atom. The van der Waals surface area contributed by atoms with Crippen LogP contribution >= 0.6 is 0 Å². The van der Waals surface area contributed by atoms with Crippen molar-refractivity contribution in [2.45, 2.75) is 32.7 Å². The molecule has 0 radical (unpaired) electrons. The molecule has 8 nitrogen and oxygen atoms in total. The van der Waals surface area contributed by atoms with Gasteiger partial charge in [0.2, 0.25) is 0 Å². The maximum Gasteiger partial charge on any atom is 0.313 e. The zero-order valence-electron chi connectivity index (χ0n) is 14.5. The average molecular weight is 348 g/mol. The molecule has 0 bridgehead atoms. The SMILES string of the molecule is CC(C)N1CCC(CNC(=O)C(=O)Nc2ccc([N+](=O)[O-])cc2)CC1. The summed E-state index contributed by atoms with van der Waals surface area (Å²) in [6.07, 6.45) is 2.00. The summed E-state index contributed by atoms with van der Waals surface area (Å²) in [6.45, 7) is 6.84. The van der Waals surface area contributed by atoms with Crippen molar-refractivity contribution in [2.75, 3.05) is 25.0 Å². The lowest BCUT2D eigenvalue weighted by molar-refractivity contribution is -0.384. The third-order valence-electron chi connectivity index (χ3n) is 4.47. The maximum absolute atomic E-state index is 11.9. The van der Waals surface area contributed by atoms with Crippen molar-refractivity contribution in [1.82, 2.24) is 10.2 Å². The quantitative estimate of drug-likeness (QED) is 0.479. The highest BCUT2D eigenvalue weighted by atomic mass is 16.6. The van der Waals surface area contributed by atoms with E-state index in [4.69, 9.17) is 0 Å². The zero-order valence-corrected chi connectivity index (χ0v) is 14.5. The number of nitrogens with zero attached hydrogens (tertiary/aromatic N) is 2. The molecule has 0 spiro atoms. The van der Waals surface area contributed by atoms with Gasteiger partial charge in [-0.3, -0.25) is 19.7 Å². The number of benzene rings is 1. The molecule has 0 unspecified atom stereocenters. The van der Waals surface area contributed by atoms with E-state index in [1.54, 1.807) is 0 Å². The third kappa shape index (κ3) is 5.53. The molecule has 0 aromatic heterocycles. The van der Waals surface area contributed by atoms with Gasteiger partial charge in [-0.05, 0) is 57.8 Å². The topological polar surface area (TPSA) is 105 Å². The summed E-state index contributed by atoms with van der Waals surface area (Å²) in [5.74, 6) is -1.08. The van der Waals surface area contributed by atoms with Gasteiger partial charge in [-0.2, -0.15) is 0 Å². The molecule has 1 saturated heterocycles. The number of non-ortho nitro benzene ring substituents is 1. The predicted octanol–water partition coefficient (Wildman–Crippen LogP) is 1.77. The zero-order chi connectivity index (χ0) is 18.4. The van der Waals surface area contributed by atoms with Gasteiger partial charge in [-0.1, -0.05) is 0 Å². The van der Waals surface area contributed by atoms with E-state index in [2.05, 4.69) is 29.4 Å². The van der Waals surface area contributed by atoms with Crippen molar-refractivity contribution in [3.63, 3.8) is 0 Å². The largest absolute Gasteiger partial charge is 0.348 e. The first-order chi connectivity index (χ1) is 11.9. The summed E-state index contributed by atoms with van der Waals surface area (Å²) in [6, 6.07) is 5.87. The number of carbonyl (C=O) groups excluding carboxylic acids is 2. The Balaban J connectivity index is 1.75. The molecule has 2 rings (SSSR count). The number of hydrogen-bond donors (Lipinski definition) is 2. The van der Waals surface area contributed by atoms with Crippen molar-refractivity contribution in [1.29, 1.82) is 0 Å². The highest BCUT2D eigenvalue weighted by Gasteiger charge is 2.22. The number of piperidine rings is 1. The van der Waals surface area contributed by atoms with Gasteiger partial charge in [0.15, 0.2) is 0 Å². The molecular weight excluding hydrogens is 324 g/mol. The lowest BCUT2D eigenvalue weighted by atomic mass is 9.96. The summed E-state index contributed by atoms with van der Waals surface area (Å²) >= 11 is 0. The lowest BCUT2D eigenvalue weighted by Gasteiger charge is -2.34.